The van der Waals surface area contributed by atoms with Gasteiger partial charge in [0.15, 0.2) is 0 Å². The lowest BCUT2D eigenvalue weighted by atomic mass is 10.1. The van der Waals surface area contributed by atoms with Crippen LogP contribution in [-0.4, -0.2) is 33.9 Å². The molecule has 6 heteroatoms. The van der Waals surface area contributed by atoms with E-state index in [9.17, 15) is 14.7 Å². The van der Waals surface area contributed by atoms with E-state index in [4.69, 9.17) is 4.74 Å². The molecule has 0 spiro atoms. The van der Waals surface area contributed by atoms with Crippen molar-refractivity contribution in [2.24, 2.45) is 0 Å². The number of hydrogen-bond acceptors (Lipinski definition) is 4. The predicted molar refractivity (Wildman–Crippen MR) is 87.4 cm³/mol. The number of para-hydroxylation sites is 1. The number of carbonyl (C=O) groups is 2. The maximum Gasteiger partial charge on any atom is 0.408 e. The van der Waals surface area contributed by atoms with Crippen molar-refractivity contribution in [1.82, 2.24) is 9.88 Å². The number of carbonyl (C=O) groups excluding carboxylic acids is 2. The Kier molecular flexibility index (Phi) is 4.75. The average molecular weight is 318 g/mol. The minimum atomic E-state index is -0.657. The number of hydrogen-bond donors (Lipinski definition) is 2. The topological polar surface area (TPSA) is 80.6 Å². The van der Waals surface area contributed by atoms with Gasteiger partial charge in [0.05, 0.1) is 18.2 Å². The Balaban J connectivity index is 2.37. The molecule has 1 atom stereocenters. The SMILES string of the molecule is CC(=O)n1cc([C@@H](CO)NC(=O)OC(C)(C)C)c2ccccc21. The number of benzene rings is 1. The maximum absolute atomic E-state index is 12.0. The summed E-state index contributed by atoms with van der Waals surface area (Å²) in [6.07, 6.45) is 1.03. The van der Waals surface area contributed by atoms with Crippen LogP contribution in [-0.2, 0) is 4.74 Å². The van der Waals surface area contributed by atoms with Crippen molar-refractivity contribution in [3.05, 3.63) is 36.0 Å². The van der Waals surface area contributed by atoms with Crippen molar-refractivity contribution in [1.29, 1.82) is 0 Å². The van der Waals surface area contributed by atoms with E-state index in [2.05, 4.69) is 5.32 Å². The summed E-state index contributed by atoms with van der Waals surface area (Å²) >= 11 is 0. The van der Waals surface area contributed by atoms with Crippen LogP contribution in [0, 0.1) is 0 Å². The van der Waals surface area contributed by atoms with Gasteiger partial charge in [0.1, 0.15) is 5.60 Å². The molecule has 0 radical (unpaired) electrons. The van der Waals surface area contributed by atoms with Gasteiger partial charge in [-0.05, 0) is 26.8 Å². The highest BCUT2D eigenvalue weighted by Crippen LogP contribution is 2.27. The second-order valence-corrected chi connectivity index (χ2v) is 6.37. The molecule has 0 saturated heterocycles. The monoisotopic (exact) mass is 318 g/mol. The Morgan fingerprint density at radius 1 is 1.30 bits per heavy atom. The fourth-order valence-corrected chi connectivity index (χ4v) is 2.42. The molecule has 2 rings (SSSR count). The Hall–Kier alpha value is -2.34. The first kappa shape index (κ1) is 17.0. The largest absolute Gasteiger partial charge is 0.444 e. The summed E-state index contributed by atoms with van der Waals surface area (Å²) in [4.78, 5) is 23.7. The third kappa shape index (κ3) is 3.90. The van der Waals surface area contributed by atoms with E-state index in [1.54, 1.807) is 27.0 Å². The Morgan fingerprint density at radius 2 is 1.96 bits per heavy atom. The van der Waals surface area contributed by atoms with Crippen LogP contribution in [0.1, 0.15) is 44.1 Å². The van der Waals surface area contributed by atoms with Gasteiger partial charge in [-0.15, -0.1) is 0 Å². The summed E-state index contributed by atoms with van der Waals surface area (Å²) in [6.45, 7) is 6.46. The van der Waals surface area contributed by atoms with E-state index in [0.717, 1.165) is 10.9 Å². The molecule has 0 aliphatic carbocycles. The fraction of sp³-hybridized carbons (Fsp3) is 0.412. The second-order valence-electron chi connectivity index (χ2n) is 6.37. The van der Waals surface area contributed by atoms with Gasteiger partial charge in [-0.25, -0.2) is 4.79 Å². The number of nitrogens with zero attached hydrogens (tertiary/aromatic N) is 1. The summed E-state index contributed by atoms with van der Waals surface area (Å²) in [6, 6.07) is 6.69. The van der Waals surface area contributed by atoms with Crippen molar-refractivity contribution in [2.45, 2.75) is 39.3 Å². The second kappa shape index (κ2) is 6.42. The molecule has 0 aliphatic heterocycles. The zero-order valence-electron chi connectivity index (χ0n) is 13.8. The number of ether oxygens (including phenoxy) is 1. The van der Waals surface area contributed by atoms with Gasteiger partial charge in [-0.3, -0.25) is 9.36 Å². The fourth-order valence-electron chi connectivity index (χ4n) is 2.42. The quantitative estimate of drug-likeness (QED) is 0.912. The van der Waals surface area contributed by atoms with Crippen molar-refractivity contribution in [3.63, 3.8) is 0 Å². The minimum Gasteiger partial charge on any atom is -0.444 e. The molecule has 0 aliphatic rings. The Bertz CT molecular complexity index is 728. The van der Waals surface area contributed by atoms with E-state index < -0.39 is 17.7 Å². The Morgan fingerprint density at radius 3 is 2.52 bits per heavy atom. The minimum absolute atomic E-state index is 0.138. The van der Waals surface area contributed by atoms with Crippen LogP contribution < -0.4 is 5.32 Å². The number of rotatable bonds is 3. The van der Waals surface area contributed by atoms with Crippen LogP contribution in [0.15, 0.2) is 30.5 Å². The molecule has 6 nitrogen and oxygen atoms in total. The molecule has 1 heterocycles. The van der Waals surface area contributed by atoms with Crippen LogP contribution in [0.4, 0.5) is 4.79 Å². The van der Waals surface area contributed by atoms with Gasteiger partial charge in [-0.2, -0.15) is 0 Å². The molecule has 2 aromatic rings. The first-order valence-electron chi connectivity index (χ1n) is 7.44. The first-order chi connectivity index (χ1) is 10.7. The molecular formula is C17H22N2O4. The number of aromatic nitrogens is 1. The molecule has 124 valence electrons. The molecule has 0 bridgehead atoms. The summed E-state index contributed by atoms with van der Waals surface area (Å²) in [5.41, 5.74) is 0.779. The zero-order chi connectivity index (χ0) is 17.2. The van der Waals surface area contributed by atoms with Gasteiger partial charge in [-0.1, -0.05) is 18.2 Å². The van der Waals surface area contributed by atoms with E-state index in [1.807, 2.05) is 24.3 Å². The van der Waals surface area contributed by atoms with Crippen molar-refractivity contribution >= 4 is 22.9 Å². The van der Waals surface area contributed by atoms with Crippen LogP contribution in [0.2, 0.25) is 0 Å². The Labute approximate surface area is 135 Å². The lowest BCUT2D eigenvalue weighted by molar-refractivity contribution is 0.0482. The van der Waals surface area contributed by atoms with Crippen molar-refractivity contribution in [3.8, 4) is 0 Å². The standard InChI is InChI=1S/C17H22N2O4/c1-11(21)19-9-13(12-7-5-6-8-15(12)19)14(10-20)18-16(22)23-17(2,3)4/h5-9,14,20H,10H2,1-4H3,(H,18,22)/t14-/m1/s1. The van der Waals surface area contributed by atoms with Gasteiger partial charge in [0.2, 0.25) is 5.91 Å². The molecule has 0 unspecified atom stereocenters. The highest BCUT2D eigenvalue weighted by molar-refractivity contribution is 5.94. The molecule has 2 N–H and O–H groups in total. The number of nitrogens with one attached hydrogen (secondary N) is 1. The molecular weight excluding hydrogens is 296 g/mol. The van der Waals surface area contributed by atoms with E-state index >= 15 is 0 Å². The van der Waals surface area contributed by atoms with Crippen molar-refractivity contribution < 1.29 is 19.4 Å². The number of aliphatic hydroxyl groups excluding tert-OH is 1. The summed E-state index contributed by atoms with van der Waals surface area (Å²) in [5, 5.41) is 13.1. The van der Waals surface area contributed by atoms with E-state index in [1.165, 1.54) is 11.5 Å². The van der Waals surface area contributed by atoms with Crippen LogP contribution in [0.5, 0.6) is 0 Å². The molecule has 1 aromatic heterocycles. The lowest BCUT2D eigenvalue weighted by Gasteiger charge is -2.22. The van der Waals surface area contributed by atoms with Crippen LogP contribution >= 0.6 is 0 Å². The smallest absolute Gasteiger partial charge is 0.408 e. The third-order valence-corrected chi connectivity index (χ3v) is 3.33. The molecule has 0 saturated carbocycles. The van der Waals surface area contributed by atoms with Gasteiger partial charge < -0.3 is 15.2 Å². The third-order valence-electron chi connectivity index (χ3n) is 3.33. The molecule has 0 fully saturated rings. The normalized spacial score (nSPS) is 12.9. The predicted octanol–water partition coefficient (Wildman–Crippen LogP) is 2.86. The first-order valence-corrected chi connectivity index (χ1v) is 7.44. The molecule has 1 aromatic carbocycles. The number of amides is 1. The molecule has 1 amide bonds. The summed E-state index contributed by atoms with van der Waals surface area (Å²) in [7, 11) is 0. The van der Waals surface area contributed by atoms with E-state index in [0.29, 0.717) is 5.56 Å². The van der Waals surface area contributed by atoms with E-state index in [-0.39, 0.29) is 12.5 Å². The summed E-state index contributed by atoms with van der Waals surface area (Å²) < 4.78 is 6.73. The molecule has 23 heavy (non-hydrogen) atoms. The number of fused-ring (bicyclic) bond motifs is 1. The van der Waals surface area contributed by atoms with Gasteiger partial charge >= 0.3 is 6.09 Å². The van der Waals surface area contributed by atoms with Gasteiger partial charge in [0.25, 0.3) is 0 Å². The number of alkyl carbamates (subject to hydrolysis) is 1. The van der Waals surface area contributed by atoms with Crippen LogP contribution in [0.3, 0.4) is 0 Å². The maximum atomic E-state index is 12.0. The highest BCUT2D eigenvalue weighted by atomic mass is 16.6. The zero-order valence-corrected chi connectivity index (χ0v) is 13.8. The average Bonchev–Trinajstić information content (AvgIpc) is 2.82. The summed E-state index contributed by atoms with van der Waals surface area (Å²) in [5.74, 6) is -0.138. The highest BCUT2D eigenvalue weighted by Gasteiger charge is 2.23. The lowest BCUT2D eigenvalue weighted by Crippen LogP contribution is -2.36. The van der Waals surface area contributed by atoms with Crippen molar-refractivity contribution in [2.75, 3.05) is 6.61 Å². The van der Waals surface area contributed by atoms with Gasteiger partial charge in [0, 0.05) is 24.1 Å². The number of aliphatic hydroxyl groups is 1. The van der Waals surface area contributed by atoms with Crippen LogP contribution in [0.25, 0.3) is 10.9 Å².